The highest BCUT2D eigenvalue weighted by Gasteiger charge is 2.20. The summed E-state index contributed by atoms with van der Waals surface area (Å²) in [5, 5.41) is 30.3. The topological polar surface area (TPSA) is 89.8 Å². The van der Waals surface area contributed by atoms with Gasteiger partial charge in [-0.05, 0) is 6.07 Å². The number of hydrogen-bond acceptors (Lipinski definition) is 4. The summed E-state index contributed by atoms with van der Waals surface area (Å²) in [6.45, 7) is 0.807. The number of benzene rings is 1. The van der Waals surface area contributed by atoms with E-state index >= 15 is 0 Å². The second-order valence-corrected chi connectivity index (χ2v) is 3.46. The van der Waals surface area contributed by atoms with Gasteiger partial charge in [0.2, 0.25) is 5.91 Å². The largest absolute Gasteiger partial charge is 0.394 e. The molecule has 2 unspecified atom stereocenters. The Morgan fingerprint density at radius 3 is 2.56 bits per heavy atom. The molecule has 16 heavy (non-hydrogen) atoms. The predicted molar refractivity (Wildman–Crippen MR) is 58.8 cm³/mol. The zero-order valence-electron chi connectivity index (χ0n) is 8.92. The molecule has 0 saturated heterocycles. The number of hydrogen-bond donors (Lipinski definition) is 4. The number of carbonyl (C=O) groups is 1. The predicted octanol–water partition coefficient (Wildman–Crippen LogP) is 0.0316. The van der Waals surface area contributed by atoms with E-state index in [0.29, 0.717) is 11.3 Å². The van der Waals surface area contributed by atoms with Crippen LogP contribution >= 0.6 is 0 Å². The second-order valence-electron chi connectivity index (χ2n) is 3.46. The number of amides is 1. The molecule has 0 fully saturated rings. The molecule has 0 radical (unpaired) electrons. The van der Waals surface area contributed by atoms with E-state index < -0.39 is 18.8 Å². The molecular weight excluding hydrogens is 210 g/mol. The summed E-state index contributed by atoms with van der Waals surface area (Å²) in [7, 11) is 0. The molecule has 1 aromatic carbocycles. The Morgan fingerprint density at radius 2 is 2.00 bits per heavy atom. The van der Waals surface area contributed by atoms with Crippen molar-refractivity contribution in [3.05, 3.63) is 29.8 Å². The minimum atomic E-state index is -1.27. The van der Waals surface area contributed by atoms with Gasteiger partial charge in [-0.25, -0.2) is 0 Å². The maximum Gasteiger partial charge on any atom is 0.221 e. The van der Waals surface area contributed by atoms with Crippen molar-refractivity contribution in [2.75, 3.05) is 11.9 Å². The molecule has 0 saturated carbocycles. The summed E-state index contributed by atoms with van der Waals surface area (Å²) in [6.07, 6.45) is -2.50. The lowest BCUT2D eigenvalue weighted by Crippen LogP contribution is -2.23. The first kappa shape index (κ1) is 12.6. The normalized spacial score (nSPS) is 14.2. The van der Waals surface area contributed by atoms with Gasteiger partial charge >= 0.3 is 0 Å². The van der Waals surface area contributed by atoms with Crippen LogP contribution in [-0.2, 0) is 4.79 Å². The van der Waals surface area contributed by atoms with Gasteiger partial charge in [-0.15, -0.1) is 0 Å². The molecule has 4 N–H and O–H groups in total. The average molecular weight is 225 g/mol. The quantitative estimate of drug-likeness (QED) is 0.582. The standard InChI is InChI=1S/C11H15NO4/c1-7(14)12-9-5-3-2-4-8(9)11(16)10(15)6-13/h2-5,10-11,13,15-16H,6H2,1H3,(H,12,14). The van der Waals surface area contributed by atoms with Crippen molar-refractivity contribution in [3.63, 3.8) is 0 Å². The number of anilines is 1. The van der Waals surface area contributed by atoms with E-state index in [1.54, 1.807) is 24.3 Å². The van der Waals surface area contributed by atoms with Gasteiger partial charge in [0.05, 0.1) is 6.61 Å². The minimum absolute atomic E-state index is 0.266. The van der Waals surface area contributed by atoms with Crippen molar-refractivity contribution in [3.8, 4) is 0 Å². The Morgan fingerprint density at radius 1 is 1.38 bits per heavy atom. The molecule has 88 valence electrons. The van der Waals surface area contributed by atoms with Gasteiger partial charge in [0, 0.05) is 18.2 Å². The Kier molecular flexibility index (Phi) is 4.42. The molecule has 5 heteroatoms. The van der Waals surface area contributed by atoms with Gasteiger partial charge in [-0.3, -0.25) is 4.79 Å². The van der Waals surface area contributed by atoms with E-state index in [2.05, 4.69) is 5.32 Å². The van der Waals surface area contributed by atoms with Crippen LogP contribution in [0.4, 0.5) is 5.69 Å². The van der Waals surface area contributed by atoms with Gasteiger partial charge in [0.1, 0.15) is 12.2 Å². The fourth-order valence-corrected chi connectivity index (χ4v) is 1.37. The summed E-state index contributed by atoms with van der Waals surface area (Å²) >= 11 is 0. The highest BCUT2D eigenvalue weighted by Crippen LogP contribution is 2.25. The van der Waals surface area contributed by atoms with Crippen LogP contribution < -0.4 is 5.32 Å². The molecule has 1 rings (SSSR count). The molecule has 1 aromatic rings. The Hall–Kier alpha value is -1.43. The number of carbonyl (C=O) groups excluding carboxylic acids is 1. The molecule has 0 aliphatic heterocycles. The summed E-state index contributed by atoms with van der Waals surface area (Å²) < 4.78 is 0. The van der Waals surface area contributed by atoms with Crippen LogP contribution in [0.2, 0.25) is 0 Å². The highest BCUT2D eigenvalue weighted by atomic mass is 16.4. The van der Waals surface area contributed by atoms with E-state index in [1.807, 2.05) is 0 Å². The number of nitrogens with one attached hydrogen (secondary N) is 1. The first-order valence-corrected chi connectivity index (χ1v) is 4.89. The van der Waals surface area contributed by atoms with Gasteiger partial charge in [0.15, 0.2) is 0 Å². The molecule has 5 nitrogen and oxygen atoms in total. The van der Waals surface area contributed by atoms with Crippen molar-refractivity contribution in [2.24, 2.45) is 0 Å². The summed E-state index contributed by atoms with van der Waals surface area (Å²) in [5.74, 6) is -0.266. The summed E-state index contributed by atoms with van der Waals surface area (Å²) in [6, 6.07) is 6.57. The highest BCUT2D eigenvalue weighted by molar-refractivity contribution is 5.89. The van der Waals surface area contributed by atoms with Crippen LogP contribution in [0.3, 0.4) is 0 Å². The molecule has 0 bridgehead atoms. The first-order valence-electron chi connectivity index (χ1n) is 4.89. The van der Waals surface area contributed by atoms with Gasteiger partial charge in [-0.1, -0.05) is 18.2 Å². The maximum atomic E-state index is 10.9. The molecule has 0 aliphatic carbocycles. The average Bonchev–Trinajstić information content (AvgIpc) is 2.27. The summed E-state index contributed by atoms with van der Waals surface area (Å²) in [5.41, 5.74) is 0.800. The lowest BCUT2D eigenvalue weighted by atomic mass is 10.0. The molecule has 0 aliphatic rings. The van der Waals surface area contributed by atoms with E-state index in [1.165, 1.54) is 6.92 Å². The van der Waals surface area contributed by atoms with Crippen molar-refractivity contribution in [1.29, 1.82) is 0 Å². The molecule has 0 aromatic heterocycles. The molecule has 1 amide bonds. The van der Waals surface area contributed by atoms with Crippen molar-refractivity contribution in [1.82, 2.24) is 0 Å². The van der Waals surface area contributed by atoms with Crippen LogP contribution in [0.1, 0.15) is 18.6 Å². The Bertz CT molecular complexity index is 367. The third-order valence-electron chi connectivity index (χ3n) is 2.14. The van der Waals surface area contributed by atoms with E-state index in [0.717, 1.165) is 0 Å². The number of rotatable bonds is 4. The smallest absolute Gasteiger partial charge is 0.221 e. The van der Waals surface area contributed by atoms with Crippen molar-refractivity contribution >= 4 is 11.6 Å². The zero-order valence-corrected chi connectivity index (χ0v) is 8.92. The van der Waals surface area contributed by atoms with Gasteiger partial charge < -0.3 is 20.6 Å². The van der Waals surface area contributed by atoms with Gasteiger partial charge in [-0.2, -0.15) is 0 Å². The third kappa shape index (κ3) is 3.03. The number of para-hydroxylation sites is 1. The van der Waals surface area contributed by atoms with Crippen molar-refractivity contribution in [2.45, 2.75) is 19.1 Å². The van der Waals surface area contributed by atoms with E-state index in [-0.39, 0.29) is 5.91 Å². The van der Waals surface area contributed by atoms with Crippen molar-refractivity contribution < 1.29 is 20.1 Å². The summed E-state index contributed by atoms with van der Waals surface area (Å²) in [4.78, 5) is 10.9. The fourth-order valence-electron chi connectivity index (χ4n) is 1.37. The van der Waals surface area contributed by atoms with Crippen LogP contribution in [-0.4, -0.2) is 33.9 Å². The number of aliphatic hydroxyl groups excluding tert-OH is 3. The van der Waals surface area contributed by atoms with Crippen LogP contribution in [0.15, 0.2) is 24.3 Å². The molecule has 2 atom stereocenters. The van der Waals surface area contributed by atoms with E-state index in [9.17, 15) is 15.0 Å². The zero-order chi connectivity index (χ0) is 12.1. The minimum Gasteiger partial charge on any atom is -0.394 e. The molecule has 0 spiro atoms. The molecular formula is C11H15NO4. The fraction of sp³-hybridized carbons (Fsp3) is 0.364. The number of aliphatic hydroxyl groups is 3. The third-order valence-corrected chi connectivity index (χ3v) is 2.14. The van der Waals surface area contributed by atoms with E-state index in [4.69, 9.17) is 5.11 Å². The van der Waals surface area contributed by atoms with Gasteiger partial charge in [0.25, 0.3) is 0 Å². The second kappa shape index (κ2) is 5.60. The monoisotopic (exact) mass is 225 g/mol. The first-order chi connectivity index (χ1) is 7.56. The lowest BCUT2D eigenvalue weighted by Gasteiger charge is -2.19. The Balaban J connectivity index is 2.98. The van der Waals surface area contributed by atoms with Crippen LogP contribution in [0.5, 0.6) is 0 Å². The Labute approximate surface area is 93.4 Å². The van der Waals surface area contributed by atoms with Crippen LogP contribution in [0, 0.1) is 0 Å². The lowest BCUT2D eigenvalue weighted by molar-refractivity contribution is -0.114. The maximum absolute atomic E-state index is 10.9. The molecule has 0 heterocycles. The van der Waals surface area contributed by atoms with Crippen LogP contribution in [0.25, 0.3) is 0 Å². The SMILES string of the molecule is CC(=O)Nc1ccccc1C(O)C(O)CO.